The minimum absolute atomic E-state index is 0.0356. The first-order valence-electron chi connectivity index (χ1n) is 7.87. The highest BCUT2D eigenvalue weighted by Gasteiger charge is 2.24. The number of carbonyl (C=O) groups is 1. The minimum atomic E-state index is -3.80. The highest BCUT2D eigenvalue weighted by Crippen LogP contribution is 2.24. The molecule has 0 aliphatic rings. The van der Waals surface area contributed by atoms with Crippen LogP contribution >= 0.6 is 0 Å². The van der Waals surface area contributed by atoms with Crippen molar-refractivity contribution in [1.82, 2.24) is 15.2 Å². The topological polar surface area (TPSA) is 108 Å². The SMILES string of the molecule is CCN(c1ccccc1)S(=O)(=O)c1cccc(C(=O)Nc2ncn[nH]2)c1. The summed E-state index contributed by atoms with van der Waals surface area (Å²) in [5, 5.41) is 8.67. The standard InChI is InChI=1S/C17H17N5O3S/c1-2-22(14-8-4-3-5-9-14)26(24,25)15-10-6-7-13(11-15)16(23)20-17-18-12-19-21-17/h3-12H,2H2,1H3,(H2,18,19,20,21,23). The summed E-state index contributed by atoms with van der Waals surface area (Å²) in [6, 6.07) is 14.7. The maximum atomic E-state index is 13.0. The highest BCUT2D eigenvalue weighted by molar-refractivity contribution is 7.92. The summed E-state index contributed by atoms with van der Waals surface area (Å²) in [6.07, 6.45) is 1.26. The van der Waals surface area contributed by atoms with E-state index in [2.05, 4.69) is 20.5 Å². The molecule has 9 heteroatoms. The molecule has 8 nitrogen and oxygen atoms in total. The molecule has 0 aliphatic carbocycles. The lowest BCUT2D eigenvalue weighted by molar-refractivity contribution is 0.102. The molecule has 0 atom stereocenters. The second kappa shape index (κ2) is 7.36. The molecule has 26 heavy (non-hydrogen) atoms. The predicted octanol–water partition coefficient (Wildman–Crippen LogP) is 2.27. The predicted molar refractivity (Wildman–Crippen MR) is 97.4 cm³/mol. The number of aromatic nitrogens is 3. The maximum Gasteiger partial charge on any atom is 0.264 e. The van der Waals surface area contributed by atoms with Crippen molar-refractivity contribution in [2.75, 3.05) is 16.2 Å². The summed E-state index contributed by atoms with van der Waals surface area (Å²) in [6.45, 7) is 2.02. The molecule has 3 rings (SSSR count). The molecule has 3 aromatic rings. The van der Waals surface area contributed by atoms with Gasteiger partial charge in [-0.15, -0.1) is 0 Å². The molecule has 2 N–H and O–H groups in total. The molecule has 0 bridgehead atoms. The number of H-pyrrole nitrogens is 1. The smallest absolute Gasteiger partial charge is 0.264 e. The molecule has 0 radical (unpaired) electrons. The van der Waals surface area contributed by atoms with Crippen LogP contribution in [0.25, 0.3) is 0 Å². The Labute approximate surface area is 150 Å². The van der Waals surface area contributed by atoms with Gasteiger partial charge in [0.2, 0.25) is 5.95 Å². The van der Waals surface area contributed by atoms with Crippen LogP contribution in [0.1, 0.15) is 17.3 Å². The summed E-state index contributed by atoms with van der Waals surface area (Å²) in [5.41, 5.74) is 0.762. The van der Waals surface area contributed by atoms with Crippen molar-refractivity contribution in [3.8, 4) is 0 Å². The van der Waals surface area contributed by atoms with Gasteiger partial charge in [-0.25, -0.2) is 13.5 Å². The number of sulfonamides is 1. The lowest BCUT2D eigenvalue weighted by Gasteiger charge is -2.23. The van der Waals surface area contributed by atoms with Crippen LogP contribution in [0.2, 0.25) is 0 Å². The van der Waals surface area contributed by atoms with Gasteiger partial charge in [-0.3, -0.25) is 14.4 Å². The number of aromatic amines is 1. The lowest BCUT2D eigenvalue weighted by Crippen LogP contribution is -2.31. The van der Waals surface area contributed by atoms with E-state index in [0.29, 0.717) is 5.69 Å². The van der Waals surface area contributed by atoms with E-state index >= 15 is 0 Å². The Morgan fingerprint density at radius 3 is 2.58 bits per heavy atom. The number of rotatable bonds is 6. The summed E-state index contributed by atoms with van der Waals surface area (Å²) in [5.74, 6) is -0.302. The van der Waals surface area contributed by atoms with Crippen LogP contribution in [0.4, 0.5) is 11.6 Å². The Bertz CT molecular complexity index is 988. The van der Waals surface area contributed by atoms with Crippen LogP contribution in [0, 0.1) is 0 Å². The van der Waals surface area contributed by atoms with Crippen molar-refractivity contribution < 1.29 is 13.2 Å². The third kappa shape index (κ3) is 3.57. The zero-order valence-corrected chi connectivity index (χ0v) is 14.8. The van der Waals surface area contributed by atoms with Crippen molar-refractivity contribution in [2.24, 2.45) is 0 Å². The van der Waals surface area contributed by atoms with Crippen molar-refractivity contribution >= 4 is 27.6 Å². The van der Waals surface area contributed by atoms with Gasteiger partial charge in [-0.05, 0) is 37.3 Å². The molecule has 0 aliphatic heterocycles. The van der Waals surface area contributed by atoms with Crippen LogP contribution in [0.15, 0.2) is 65.8 Å². The van der Waals surface area contributed by atoms with Crippen LogP contribution in [0.3, 0.4) is 0 Å². The van der Waals surface area contributed by atoms with Crippen molar-refractivity contribution in [3.05, 3.63) is 66.5 Å². The molecule has 134 valence electrons. The second-order valence-electron chi connectivity index (χ2n) is 5.32. The molecule has 2 aromatic carbocycles. The Hall–Kier alpha value is -3.20. The van der Waals surface area contributed by atoms with E-state index in [1.807, 2.05) is 6.07 Å². The molecule has 0 fully saturated rings. The molecular weight excluding hydrogens is 354 g/mol. The number of anilines is 2. The first kappa shape index (κ1) is 17.6. The maximum absolute atomic E-state index is 13.0. The van der Waals surface area contributed by atoms with Gasteiger partial charge in [0.15, 0.2) is 0 Å². The monoisotopic (exact) mass is 371 g/mol. The molecule has 0 saturated heterocycles. The number of para-hydroxylation sites is 1. The molecule has 0 saturated carbocycles. The van der Waals surface area contributed by atoms with E-state index in [-0.39, 0.29) is 23.0 Å². The number of nitrogens with one attached hydrogen (secondary N) is 2. The Balaban J connectivity index is 1.92. The molecule has 0 spiro atoms. The molecule has 0 unspecified atom stereocenters. The Morgan fingerprint density at radius 2 is 1.92 bits per heavy atom. The molecular formula is C17H17N5O3S. The van der Waals surface area contributed by atoms with Gasteiger partial charge in [0.05, 0.1) is 10.6 Å². The van der Waals surface area contributed by atoms with Crippen LogP contribution in [-0.4, -0.2) is 36.1 Å². The van der Waals surface area contributed by atoms with E-state index in [1.54, 1.807) is 31.2 Å². The Morgan fingerprint density at radius 1 is 1.15 bits per heavy atom. The van der Waals surface area contributed by atoms with E-state index in [9.17, 15) is 13.2 Å². The third-order valence-corrected chi connectivity index (χ3v) is 5.56. The number of carbonyl (C=O) groups excluding carboxylic acids is 1. The number of benzene rings is 2. The van der Waals surface area contributed by atoms with Gasteiger partial charge in [0.25, 0.3) is 15.9 Å². The Kier molecular flexibility index (Phi) is 4.99. The summed E-state index contributed by atoms with van der Waals surface area (Å²) >= 11 is 0. The highest BCUT2D eigenvalue weighted by atomic mass is 32.2. The zero-order valence-electron chi connectivity index (χ0n) is 14.0. The number of amides is 1. The van der Waals surface area contributed by atoms with Gasteiger partial charge in [-0.2, -0.15) is 10.1 Å². The van der Waals surface area contributed by atoms with Gasteiger partial charge in [0, 0.05) is 12.1 Å². The van der Waals surface area contributed by atoms with E-state index < -0.39 is 15.9 Å². The summed E-state index contributed by atoms with van der Waals surface area (Å²) in [4.78, 5) is 16.1. The van der Waals surface area contributed by atoms with Gasteiger partial charge < -0.3 is 0 Å². The second-order valence-corrected chi connectivity index (χ2v) is 7.18. The van der Waals surface area contributed by atoms with Crippen molar-refractivity contribution in [2.45, 2.75) is 11.8 Å². The zero-order chi connectivity index (χ0) is 18.6. The first-order chi connectivity index (χ1) is 12.5. The van der Waals surface area contributed by atoms with Crippen LogP contribution in [-0.2, 0) is 10.0 Å². The fourth-order valence-electron chi connectivity index (χ4n) is 2.46. The number of nitrogens with zero attached hydrogens (tertiary/aromatic N) is 3. The van der Waals surface area contributed by atoms with Crippen LogP contribution < -0.4 is 9.62 Å². The van der Waals surface area contributed by atoms with E-state index in [4.69, 9.17) is 0 Å². The van der Waals surface area contributed by atoms with Crippen LogP contribution in [0.5, 0.6) is 0 Å². The fraction of sp³-hybridized carbons (Fsp3) is 0.118. The lowest BCUT2D eigenvalue weighted by atomic mass is 10.2. The quantitative estimate of drug-likeness (QED) is 0.691. The summed E-state index contributed by atoms with van der Waals surface area (Å²) < 4.78 is 27.3. The third-order valence-electron chi connectivity index (χ3n) is 3.66. The first-order valence-corrected chi connectivity index (χ1v) is 9.31. The average Bonchev–Trinajstić information content (AvgIpc) is 3.16. The average molecular weight is 371 g/mol. The molecule has 1 heterocycles. The largest absolute Gasteiger partial charge is 0.291 e. The minimum Gasteiger partial charge on any atom is -0.291 e. The van der Waals surface area contributed by atoms with Gasteiger partial charge in [0.1, 0.15) is 6.33 Å². The normalized spacial score (nSPS) is 11.1. The molecule has 1 amide bonds. The van der Waals surface area contributed by atoms with E-state index in [1.165, 1.54) is 34.9 Å². The fourth-order valence-corrected chi connectivity index (χ4v) is 3.98. The van der Waals surface area contributed by atoms with Crippen molar-refractivity contribution in [1.29, 1.82) is 0 Å². The molecule has 1 aromatic heterocycles. The summed E-state index contributed by atoms with van der Waals surface area (Å²) in [7, 11) is -3.80. The van der Waals surface area contributed by atoms with Gasteiger partial charge in [-0.1, -0.05) is 24.3 Å². The number of hydrogen-bond acceptors (Lipinski definition) is 5. The number of hydrogen-bond donors (Lipinski definition) is 2. The van der Waals surface area contributed by atoms with Gasteiger partial charge >= 0.3 is 0 Å². The van der Waals surface area contributed by atoms with E-state index in [0.717, 1.165) is 0 Å². The van der Waals surface area contributed by atoms with Crippen molar-refractivity contribution in [3.63, 3.8) is 0 Å².